The van der Waals surface area contributed by atoms with Crippen LogP contribution in [0.1, 0.15) is 30.0 Å². The fourth-order valence-corrected chi connectivity index (χ4v) is 3.66. The number of benzene rings is 2. The molecule has 2 heterocycles. The number of amides is 2. The van der Waals surface area contributed by atoms with Crippen LogP contribution in [0.5, 0.6) is 0 Å². The van der Waals surface area contributed by atoms with Crippen molar-refractivity contribution < 1.29 is 9.59 Å². The van der Waals surface area contributed by atoms with Crippen LogP contribution in [-0.4, -0.2) is 32.4 Å². The number of anilines is 1. The summed E-state index contributed by atoms with van der Waals surface area (Å²) in [6.45, 7) is 5.74. The Bertz CT molecular complexity index is 1250. The van der Waals surface area contributed by atoms with E-state index in [9.17, 15) is 9.59 Å². The SMILES string of the molecule is Cc1nc2cc(NC(=O)C(NC(=O)c3ccncc3)C(C)C)ccc2n1-c1ccccc1. The van der Waals surface area contributed by atoms with Gasteiger partial charge < -0.3 is 10.6 Å². The van der Waals surface area contributed by atoms with Crippen molar-refractivity contribution in [1.29, 1.82) is 0 Å². The van der Waals surface area contributed by atoms with Crippen LogP contribution in [0.2, 0.25) is 0 Å². The third-order valence-corrected chi connectivity index (χ3v) is 5.28. The van der Waals surface area contributed by atoms with Gasteiger partial charge in [0.2, 0.25) is 5.91 Å². The zero-order chi connectivity index (χ0) is 22.7. The average molecular weight is 428 g/mol. The van der Waals surface area contributed by atoms with E-state index in [0.29, 0.717) is 11.3 Å². The number of nitrogens with one attached hydrogen (secondary N) is 2. The van der Waals surface area contributed by atoms with E-state index in [1.54, 1.807) is 24.5 Å². The highest BCUT2D eigenvalue weighted by Crippen LogP contribution is 2.24. The highest BCUT2D eigenvalue weighted by atomic mass is 16.2. The van der Waals surface area contributed by atoms with Gasteiger partial charge in [-0.15, -0.1) is 0 Å². The Morgan fingerprint density at radius 3 is 2.38 bits per heavy atom. The monoisotopic (exact) mass is 427 g/mol. The van der Waals surface area contributed by atoms with Gasteiger partial charge in [0, 0.05) is 29.3 Å². The van der Waals surface area contributed by atoms with E-state index in [-0.39, 0.29) is 17.7 Å². The summed E-state index contributed by atoms with van der Waals surface area (Å²) >= 11 is 0. The number of hydrogen-bond acceptors (Lipinski definition) is 4. The fraction of sp³-hybridized carbons (Fsp3) is 0.200. The number of nitrogens with zero attached hydrogens (tertiary/aromatic N) is 3. The zero-order valence-corrected chi connectivity index (χ0v) is 18.2. The Morgan fingerprint density at radius 2 is 1.69 bits per heavy atom. The van der Waals surface area contributed by atoms with Crippen molar-refractivity contribution in [3.8, 4) is 5.69 Å². The van der Waals surface area contributed by atoms with Crippen LogP contribution in [0.3, 0.4) is 0 Å². The van der Waals surface area contributed by atoms with Gasteiger partial charge in [-0.05, 0) is 55.3 Å². The summed E-state index contributed by atoms with van der Waals surface area (Å²) in [5.74, 6) is 0.179. The third kappa shape index (κ3) is 4.37. The molecule has 0 radical (unpaired) electrons. The van der Waals surface area contributed by atoms with Crippen molar-refractivity contribution >= 4 is 28.5 Å². The molecule has 0 bridgehead atoms. The molecule has 0 aliphatic heterocycles. The van der Waals surface area contributed by atoms with E-state index in [0.717, 1.165) is 22.5 Å². The van der Waals surface area contributed by atoms with Gasteiger partial charge in [-0.1, -0.05) is 32.0 Å². The fourth-order valence-electron chi connectivity index (χ4n) is 3.66. The number of para-hydroxylation sites is 1. The second kappa shape index (κ2) is 9.01. The van der Waals surface area contributed by atoms with Gasteiger partial charge in [0.15, 0.2) is 0 Å². The lowest BCUT2D eigenvalue weighted by atomic mass is 10.0. The van der Waals surface area contributed by atoms with Crippen molar-refractivity contribution in [2.75, 3.05) is 5.32 Å². The van der Waals surface area contributed by atoms with E-state index in [2.05, 4.69) is 25.2 Å². The predicted octanol–water partition coefficient (Wildman–Crippen LogP) is 4.12. The molecule has 0 fully saturated rings. The minimum Gasteiger partial charge on any atom is -0.340 e. The standard InChI is InChI=1S/C25H25N5O2/c1-16(2)23(29-24(31)18-11-13-26-14-12-18)25(32)28-19-9-10-22-21(15-19)27-17(3)30(22)20-7-5-4-6-8-20/h4-16,23H,1-3H3,(H,28,32)(H,29,31). The molecular formula is C25H25N5O2. The number of fused-ring (bicyclic) bond motifs is 1. The third-order valence-electron chi connectivity index (χ3n) is 5.28. The molecule has 0 spiro atoms. The van der Waals surface area contributed by atoms with Crippen molar-refractivity contribution in [2.45, 2.75) is 26.8 Å². The summed E-state index contributed by atoms with van der Waals surface area (Å²) in [6, 6.07) is 18.2. The Morgan fingerprint density at radius 1 is 0.969 bits per heavy atom. The topological polar surface area (TPSA) is 88.9 Å². The van der Waals surface area contributed by atoms with Crippen molar-refractivity contribution in [1.82, 2.24) is 19.9 Å². The molecule has 162 valence electrons. The molecule has 1 unspecified atom stereocenters. The predicted molar refractivity (Wildman–Crippen MR) is 125 cm³/mol. The number of hydrogen-bond donors (Lipinski definition) is 2. The first-order valence-electron chi connectivity index (χ1n) is 10.5. The number of pyridine rings is 1. The maximum Gasteiger partial charge on any atom is 0.252 e. The molecule has 2 aromatic heterocycles. The minimum absolute atomic E-state index is 0.0935. The minimum atomic E-state index is -0.685. The average Bonchev–Trinajstić information content (AvgIpc) is 3.13. The van der Waals surface area contributed by atoms with E-state index in [1.165, 1.54) is 0 Å². The van der Waals surface area contributed by atoms with Gasteiger partial charge in [0.1, 0.15) is 11.9 Å². The van der Waals surface area contributed by atoms with Crippen molar-refractivity contribution in [3.63, 3.8) is 0 Å². The zero-order valence-electron chi connectivity index (χ0n) is 18.2. The number of rotatable bonds is 6. The molecule has 7 nitrogen and oxygen atoms in total. The summed E-state index contributed by atoms with van der Waals surface area (Å²) in [5.41, 5.74) is 3.86. The lowest BCUT2D eigenvalue weighted by Crippen LogP contribution is -2.47. The molecule has 0 aliphatic carbocycles. The second-order valence-corrected chi connectivity index (χ2v) is 7.95. The maximum atomic E-state index is 13.0. The van der Waals surface area contributed by atoms with Gasteiger partial charge in [0.05, 0.1) is 11.0 Å². The molecular weight excluding hydrogens is 402 g/mol. The van der Waals surface area contributed by atoms with Gasteiger partial charge in [0.25, 0.3) is 5.91 Å². The molecule has 7 heteroatoms. The van der Waals surface area contributed by atoms with Gasteiger partial charge in [-0.25, -0.2) is 4.98 Å². The van der Waals surface area contributed by atoms with Crippen molar-refractivity contribution in [3.05, 3.63) is 84.4 Å². The molecule has 1 atom stereocenters. The summed E-state index contributed by atoms with van der Waals surface area (Å²) in [6.07, 6.45) is 3.09. The lowest BCUT2D eigenvalue weighted by Gasteiger charge is -2.21. The van der Waals surface area contributed by atoms with Gasteiger partial charge in [-0.2, -0.15) is 0 Å². The Labute approximate surface area is 186 Å². The van der Waals surface area contributed by atoms with Crippen LogP contribution < -0.4 is 10.6 Å². The second-order valence-electron chi connectivity index (χ2n) is 7.95. The first-order valence-corrected chi connectivity index (χ1v) is 10.5. The lowest BCUT2D eigenvalue weighted by molar-refractivity contribution is -0.118. The molecule has 0 saturated heterocycles. The maximum absolute atomic E-state index is 13.0. The smallest absolute Gasteiger partial charge is 0.252 e. The normalized spacial score (nSPS) is 12.0. The van der Waals surface area contributed by atoms with Crippen LogP contribution in [-0.2, 0) is 4.79 Å². The van der Waals surface area contributed by atoms with E-state index in [1.807, 2.05) is 69.3 Å². The molecule has 0 aliphatic rings. The summed E-state index contributed by atoms with van der Waals surface area (Å²) in [7, 11) is 0. The van der Waals surface area contributed by atoms with Gasteiger partial charge >= 0.3 is 0 Å². The first kappa shape index (κ1) is 21.2. The highest BCUT2D eigenvalue weighted by molar-refractivity contribution is 6.01. The van der Waals surface area contributed by atoms with E-state index < -0.39 is 6.04 Å². The molecule has 2 amide bonds. The molecule has 2 N–H and O–H groups in total. The van der Waals surface area contributed by atoms with E-state index in [4.69, 9.17) is 0 Å². The Hall–Kier alpha value is -4.00. The number of carbonyl (C=O) groups excluding carboxylic acids is 2. The molecule has 4 rings (SSSR count). The summed E-state index contributed by atoms with van der Waals surface area (Å²) in [5, 5.41) is 5.75. The van der Waals surface area contributed by atoms with Crippen LogP contribution in [0.25, 0.3) is 16.7 Å². The molecule has 0 saturated carbocycles. The first-order chi connectivity index (χ1) is 15.4. The molecule has 4 aromatic rings. The summed E-state index contributed by atoms with van der Waals surface area (Å²) in [4.78, 5) is 34.1. The number of imidazole rings is 1. The largest absolute Gasteiger partial charge is 0.340 e. The Balaban J connectivity index is 1.55. The summed E-state index contributed by atoms with van der Waals surface area (Å²) < 4.78 is 2.08. The quantitative estimate of drug-likeness (QED) is 0.484. The van der Waals surface area contributed by atoms with Crippen LogP contribution in [0, 0.1) is 12.8 Å². The number of aromatic nitrogens is 3. The van der Waals surface area contributed by atoms with Crippen LogP contribution in [0.4, 0.5) is 5.69 Å². The highest BCUT2D eigenvalue weighted by Gasteiger charge is 2.25. The number of carbonyl (C=O) groups is 2. The van der Waals surface area contributed by atoms with Crippen molar-refractivity contribution in [2.24, 2.45) is 5.92 Å². The Kier molecular flexibility index (Phi) is 5.98. The van der Waals surface area contributed by atoms with Gasteiger partial charge in [-0.3, -0.25) is 19.1 Å². The number of aryl methyl sites for hydroxylation is 1. The van der Waals surface area contributed by atoms with E-state index >= 15 is 0 Å². The molecule has 2 aromatic carbocycles. The van der Waals surface area contributed by atoms with Crippen LogP contribution in [0.15, 0.2) is 73.1 Å². The molecule has 32 heavy (non-hydrogen) atoms. The van der Waals surface area contributed by atoms with Crippen LogP contribution >= 0.6 is 0 Å².